The molecule has 0 spiro atoms. The van der Waals surface area contributed by atoms with E-state index in [-0.39, 0.29) is 0 Å². The molecule has 0 bridgehead atoms. The van der Waals surface area contributed by atoms with Crippen LogP contribution in [0.2, 0.25) is 0 Å². The summed E-state index contributed by atoms with van der Waals surface area (Å²) in [6.45, 7) is 2.31. The Kier molecular flexibility index (Phi) is 5.43. The first-order chi connectivity index (χ1) is 9.35. The second-order valence-electron chi connectivity index (χ2n) is 5.07. The van der Waals surface area contributed by atoms with Crippen LogP contribution in [0.5, 0.6) is 0 Å². The van der Waals surface area contributed by atoms with Gasteiger partial charge in [-0.1, -0.05) is 18.9 Å². The van der Waals surface area contributed by atoms with E-state index in [0.717, 1.165) is 25.9 Å². The Hall–Kier alpha value is -1.32. The first kappa shape index (κ1) is 14.1. The summed E-state index contributed by atoms with van der Waals surface area (Å²) in [5.41, 5.74) is 2.65. The summed E-state index contributed by atoms with van der Waals surface area (Å²) in [5.74, 6) is 0. The summed E-state index contributed by atoms with van der Waals surface area (Å²) < 4.78 is 2.33. The number of benzene rings is 1. The zero-order chi connectivity index (χ0) is 13.5. The number of aliphatic hydroxyl groups excluding tert-OH is 1. The fourth-order valence-electron chi connectivity index (χ4n) is 2.51. The largest absolute Gasteiger partial charge is 0.396 e. The summed E-state index contributed by atoms with van der Waals surface area (Å²) in [6.07, 6.45) is 6.61. The molecular weight excluding hydrogens is 236 g/mol. The number of rotatable bonds is 8. The van der Waals surface area contributed by atoms with Crippen LogP contribution in [0.3, 0.4) is 0 Å². The number of hydrogen-bond acceptors (Lipinski definition) is 2. The summed E-state index contributed by atoms with van der Waals surface area (Å²) in [4.78, 5) is 0. The predicted molar refractivity (Wildman–Crippen MR) is 80.3 cm³/mol. The Labute approximate surface area is 115 Å². The fraction of sp³-hybridized carbons (Fsp3) is 0.500. The average molecular weight is 260 g/mol. The molecule has 3 heteroatoms. The number of unbranched alkanes of at least 4 members (excludes halogenated alkanes) is 3. The van der Waals surface area contributed by atoms with Gasteiger partial charge in [-0.15, -0.1) is 0 Å². The molecule has 0 atom stereocenters. The Morgan fingerprint density at radius 2 is 1.95 bits per heavy atom. The lowest BCUT2D eigenvalue weighted by atomic mass is 10.1. The standard InChI is InChI=1S/C16H24N2O/c1-17-13-14-6-7-16-15(12-14)8-10-18(16)9-4-2-3-5-11-19/h6-8,10,12,17,19H,2-5,9,11,13H2,1H3. The summed E-state index contributed by atoms with van der Waals surface area (Å²) in [6, 6.07) is 8.87. The zero-order valence-corrected chi connectivity index (χ0v) is 11.7. The van der Waals surface area contributed by atoms with Crippen LogP contribution in [0.25, 0.3) is 10.9 Å². The van der Waals surface area contributed by atoms with E-state index < -0.39 is 0 Å². The third-order valence-corrected chi connectivity index (χ3v) is 3.52. The number of hydrogen-bond donors (Lipinski definition) is 2. The molecule has 0 amide bonds. The molecule has 1 aromatic carbocycles. The van der Waals surface area contributed by atoms with E-state index in [2.05, 4.69) is 40.3 Å². The second-order valence-corrected chi connectivity index (χ2v) is 5.07. The van der Waals surface area contributed by atoms with Crippen molar-refractivity contribution >= 4 is 10.9 Å². The number of aliphatic hydroxyl groups is 1. The molecular formula is C16H24N2O. The Morgan fingerprint density at radius 1 is 1.11 bits per heavy atom. The van der Waals surface area contributed by atoms with Gasteiger partial charge in [0.25, 0.3) is 0 Å². The molecule has 0 fully saturated rings. The van der Waals surface area contributed by atoms with Crippen LogP contribution in [0, 0.1) is 0 Å². The van der Waals surface area contributed by atoms with Crippen molar-refractivity contribution in [2.24, 2.45) is 0 Å². The molecule has 0 radical (unpaired) electrons. The highest BCUT2D eigenvalue weighted by molar-refractivity contribution is 5.80. The zero-order valence-electron chi connectivity index (χ0n) is 11.7. The number of nitrogens with one attached hydrogen (secondary N) is 1. The molecule has 2 N–H and O–H groups in total. The van der Waals surface area contributed by atoms with Crippen LogP contribution in [0.15, 0.2) is 30.5 Å². The number of aryl methyl sites for hydroxylation is 1. The van der Waals surface area contributed by atoms with Crippen LogP contribution < -0.4 is 5.32 Å². The van der Waals surface area contributed by atoms with E-state index in [1.807, 2.05) is 7.05 Å². The van der Waals surface area contributed by atoms with Crippen LogP contribution >= 0.6 is 0 Å². The van der Waals surface area contributed by atoms with Gasteiger partial charge in [0.05, 0.1) is 0 Å². The molecule has 0 aliphatic heterocycles. The quantitative estimate of drug-likeness (QED) is 0.716. The lowest BCUT2D eigenvalue weighted by molar-refractivity contribution is 0.282. The number of nitrogens with zero attached hydrogens (tertiary/aromatic N) is 1. The van der Waals surface area contributed by atoms with Crippen molar-refractivity contribution in [3.8, 4) is 0 Å². The van der Waals surface area contributed by atoms with Crippen molar-refractivity contribution in [1.29, 1.82) is 0 Å². The molecule has 0 aliphatic carbocycles. The number of aromatic nitrogens is 1. The van der Waals surface area contributed by atoms with Crippen LogP contribution in [-0.4, -0.2) is 23.3 Å². The molecule has 1 heterocycles. The molecule has 2 rings (SSSR count). The minimum absolute atomic E-state index is 0.320. The summed E-state index contributed by atoms with van der Waals surface area (Å²) in [5, 5.41) is 13.3. The molecule has 0 unspecified atom stereocenters. The van der Waals surface area contributed by atoms with Gasteiger partial charge in [0.1, 0.15) is 0 Å². The van der Waals surface area contributed by atoms with Crippen LogP contribution in [0.1, 0.15) is 31.2 Å². The van der Waals surface area contributed by atoms with E-state index in [9.17, 15) is 0 Å². The van der Waals surface area contributed by atoms with E-state index in [1.54, 1.807) is 0 Å². The van der Waals surface area contributed by atoms with E-state index in [0.29, 0.717) is 6.61 Å². The van der Waals surface area contributed by atoms with Gasteiger partial charge in [0, 0.05) is 31.4 Å². The molecule has 104 valence electrons. The molecule has 0 saturated carbocycles. The van der Waals surface area contributed by atoms with E-state index in [1.165, 1.54) is 29.3 Å². The minimum Gasteiger partial charge on any atom is -0.396 e. The van der Waals surface area contributed by atoms with Crippen molar-refractivity contribution in [2.45, 2.75) is 38.8 Å². The van der Waals surface area contributed by atoms with Crippen molar-refractivity contribution in [2.75, 3.05) is 13.7 Å². The minimum atomic E-state index is 0.320. The highest BCUT2D eigenvalue weighted by Crippen LogP contribution is 2.18. The lowest BCUT2D eigenvalue weighted by Gasteiger charge is -2.06. The van der Waals surface area contributed by atoms with Gasteiger partial charge in [0.15, 0.2) is 0 Å². The maximum atomic E-state index is 8.75. The van der Waals surface area contributed by atoms with Gasteiger partial charge in [-0.3, -0.25) is 0 Å². The Bertz CT molecular complexity index is 504. The van der Waals surface area contributed by atoms with E-state index in [4.69, 9.17) is 5.11 Å². The SMILES string of the molecule is CNCc1ccc2c(ccn2CCCCCCO)c1. The maximum Gasteiger partial charge on any atom is 0.0480 e. The highest BCUT2D eigenvalue weighted by Gasteiger charge is 2.02. The van der Waals surface area contributed by atoms with Crippen LogP contribution in [-0.2, 0) is 13.1 Å². The van der Waals surface area contributed by atoms with E-state index >= 15 is 0 Å². The molecule has 0 saturated heterocycles. The van der Waals surface area contributed by atoms with Gasteiger partial charge < -0.3 is 15.0 Å². The van der Waals surface area contributed by atoms with Crippen molar-refractivity contribution in [1.82, 2.24) is 9.88 Å². The van der Waals surface area contributed by atoms with Crippen molar-refractivity contribution in [3.63, 3.8) is 0 Å². The van der Waals surface area contributed by atoms with Crippen molar-refractivity contribution < 1.29 is 5.11 Å². The van der Waals surface area contributed by atoms with Gasteiger partial charge in [-0.2, -0.15) is 0 Å². The first-order valence-electron chi connectivity index (χ1n) is 7.18. The van der Waals surface area contributed by atoms with Gasteiger partial charge in [-0.05, 0) is 49.0 Å². The first-order valence-corrected chi connectivity index (χ1v) is 7.18. The summed E-state index contributed by atoms with van der Waals surface area (Å²) >= 11 is 0. The third-order valence-electron chi connectivity index (χ3n) is 3.52. The normalized spacial score (nSPS) is 11.3. The number of fused-ring (bicyclic) bond motifs is 1. The Balaban J connectivity index is 1.96. The molecule has 19 heavy (non-hydrogen) atoms. The fourth-order valence-corrected chi connectivity index (χ4v) is 2.51. The lowest BCUT2D eigenvalue weighted by Crippen LogP contribution is -2.04. The topological polar surface area (TPSA) is 37.2 Å². The highest BCUT2D eigenvalue weighted by atomic mass is 16.2. The third kappa shape index (κ3) is 3.82. The van der Waals surface area contributed by atoms with Gasteiger partial charge in [-0.25, -0.2) is 0 Å². The second kappa shape index (κ2) is 7.31. The molecule has 3 nitrogen and oxygen atoms in total. The molecule has 1 aromatic heterocycles. The average Bonchev–Trinajstić information content (AvgIpc) is 2.82. The van der Waals surface area contributed by atoms with Crippen molar-refractivity contribution in [3.05, 3.63) is 36.0 Å². The van der Waals surface area contributed by atoms with Gasteiger partial charge >= 0.3 is 0 Å². The molecule has 2 aromatic rings. The van der Waals surface area contributed by atoms with Gasteiger partial charge in [0.2, 0.25) is 0 Å². The Morgan fingerprint density at radius 3 is 2.74 bits per heavy atom. The monoisotopic (exact) mass is 260 g/mol. The predicted octanol–water partition coefficient (Wildman–Crippen LogP) is 2.91. The smallest absolute Gasteiger partial charge is 0.0480 e. The molecule has 0 aliphatic rings. The van der Waals surface area contributed by atoms with Crippen LogP contribution in [0.4, 0.5) is 0 Å². The summed E-state index contributed by atoms with van der Waals surface area (Å²) in [7, 11) is 1.97. The maximum absolute atomic E-state index is 8.75.